The Bertz CT molecular complexity index is 528. The predicted octanol–water partition coefficient (Wildman–Crippen LogP) is 2.64. The van der Waals surface area contributed by atoms with Crippen molar-refractivity contribution in [2.45, 2.75) is 20.4 Å². The van der Waals surface area contributed by atoms with Gasteiger partial charge < -0.3 is 5.11 Å². The Morgan fingerprint density at radius 2 is 2.31 bits per heavy atom. The highest BCUT2D eigenvalue weighted by Crippen LogP contribution is 2.30. The molecule has 2 rings (SSSR count). The van der Waals surface area contributed by atoms with E-state index in [1.54, 1.807) is 11.6 Å². The van der Waals surface area contributed by atoms with Crippen LogP contribution in [0.4, 0.5) is 0 Å². The summed E-state index contributed by atoms with van der Waals surface area (Å²) in [6, 6.07) is 1.83. The fourth-order valence-electron chi connectivity index (χ4n) is 1.72. The number of aryl methyl sites for hydroxylation is 1. The lowest BCUT2D eigenvalue weighted by atomic mass is 10.1. The Balaban J connectivity index is 2.54. The maximum Gasteiger partial charge on any atom is 0.346 e. The highest BCUT2D eigenvalue weighted by molar-refractivity contribution is 7.12. The normalized spacial score (nSPS) is 10.6. The minimum atomic E-state index is -0.881. The molecule has 4 nitrogen and oxygen atoms in total. The van der Waals surface area contributed by atoms with Crippen molar-refractivity contribution in [3.05, 3.63) is 28.2 Å². The highest BCUT2D eigenvalue weighted by atomic mass is 32.1. The molecule has 5 heteroatoms. The summed E-state index contributed by atoms with van der Waals surface area (Å²) in [5.74, 6) is -0.881. The smallest absolute Gasteiger partial charge is 0.346 e. The van der Waals surface area contributed by atoms with E-state index in [1.165, 1.54) is 11.3 Å². The van der Waals surface area contributed by atoms with Crippen molar-refractivity contribution in [1.29, 1.82) is 0 Å². The number of carboxylic acids is 1. The topological polar surface area (TPSA) is 55.1 Å². The minimum absolute atomic E-state index is 0.374. The van der Waals surface area contributed by atoms with Gasteiger partial charge in [0.1, 0.15) is 4.88 Å². The summed E-state index contributed by atoms with van der Waals surface area (Å²) in [5, 5.41) is 15.1. The van der Waals surface area contributed by atoms with Gasteiger partial charge in [0.2, 0.25) is 0 Å². The van der Waals surface area contributed by atoms with Gasteiger partial charge in [0.05, 0.1) is 6.20 Å². The van der Waals surface area contributed by atoms with E-state index >= 15 is 0 Å². The largest absolute Gasteiger partial charge is 0.477 e. The molecular formula is C11H12N2O2S. The van der Waals surface area contributed by atoms with Crippen molar-refractivity contribution in [3.63, 3.8) is 0 Å². The minimum Gasteiger partial charge on any atom is -0.477 e. The second-order valence-corrected chi connectivity index (χ2v) is 4.34. The standard InChI is InChI=1S/C11H12N2O2S/c1-3-13-7(2)9(6-12-13)8-4-5-16-10(8)11(14)15/h4-6H,3H2,1-2H3,(H,14,15). The number of thiophene rings is 1. The first-order valence-electron chi connectivity index (χ1n) is 4.98. The molecule has 0 saturated carbocycles. The summed E-state index contributed by atoms with van der Waals surface area (Å²) >= 11 is 1.24. The Morgan fingerprint density at radius 1 is 1.56 bits per heavy atom. The van der Waals surface area contributed by atoms with E-state index in [2.05, 4.69) is 5.10 Å². The molecule has 0 aromatic carbocycles. The molecule has 0 aliphatic carbocycles. The summed E-state index contributed by atoms with van der Waals surface area (Å²) in [6.07, 6.45) is 1.73. The van der Waals surface area contributed by atoms with Crippen LogP contribution < -0.4 is 0 Å². The third-order valence-corrected chi connectivity index (χ3v) is 3.45. The molecule has 0 saturated heterocycles. The highest BCUT2D eigenvalue weighted by Gasteiger charge is 2.16. The lowest BCUT2D eigenvalue weighted by molar-refractivity contribution is 0.0703. The van der Waals surface area contributed by atoms with E-state index in [1.807, 2.05) is 24.6 Å². The third-order valence-electron chi connectivity index (χ3n) is 2.55. The number of rotatable bonds is 3. The number of hydrogen-bond donors (Lipinski definition) is 1. The van der Waals surface area contributed by atoms with Crippen LogP contribution >= 0.6 is 11.3 Å². The van der Waals surface area contributed by atoms with Crippen LogP contribution in [0.15, 0.2) is 17.6 Å². The second kappa shape index (κ2) is 4.09. The predicted molar refractivity (Wildman–Crippen MR) is 62.9 cm³/mol. The molecule has 0 amide bonds. The van der Waals surface area contributed by atoms with Crippen molar-refractivity contribution in [2.24, 2.45) is 0 Å². The Hall–Kier alpha value is -1.62. The van der Waals surface area contributed by atoms with Crippen LogP contribution in [-0.2, 0) is 6.54 Å². The van der Waals surface area contributed by atoms with Crippen molar-refractivity contribution < 1.29 is 9.90 Å². The molecule has 0 bridgehead atoms. The molecule has 0 aliphatic heterocycles. The molecular weight excluding hydrogens is 224 g/mol. The maximum atomic E-state index is 11.0. The zero-order valence-electron chi connectivity index (χ0n) is 9.10. The molecule has 0 spiro atoms. The lowest BCUT2D eigenvalue weighted by Gasteiger charge is -2.01. The summed E-state index contributed by atoms with van der Waals surface area (Å²) in [7, 11) is 0. The first kappa shape index (κ1) is 10.9. The SMILES string of the molecule is CCn1ncc(-c2ccsc2C(=O)O)c1C. The monoisotopic (exact) mass is 236 g/mol. The van der Waals surface area contributed by atoms with Crippen LogP contribution in [0.25, 0.3) is 11.1 Å². The molecule has 84 valence electrons. The van der Waals surface area contributed by atoms with Gasteiger partial charge in [-0.2, -0.15) is 5.10 Å². The fourth-order valence-corrected chi connectivity index (χ4v) is 2.46. The molecule has 0 radical (unpaired) electrons. The van der Waals surface area contributed by atoms with Crippen LogP contribution in [0.1, 0.15) is 22.3 Å². The quantitative estimate of drug-likeness (QED) is 0.891. The average molecular weight is 236 g/mol. The van der Waals surface area contributed by atoms with Crippen molar-refractivity contribution in [1.82, 2.24) is 9.78 Å². The van der Waals surface area contributed by atoms with Gasteiger partial charge in [-0.3, -0.25) is 4.68 Å². The van der Waals surface area contributed by atoms with Gasteiger partial charge in [0.15, 0.2) is 0 Å². The first-order chi connectivity index (χ1) is 7.65. The lowest BCUT2D eigenvalue weighted by Crippen LogP contribution is -1.99. The van der Waals surface area contributed by atoms with E-state index in [9.17, 15) is 4.79 Å². The van der Waals surface area contributed by atoms with Crippen LogP contribution in [0.2, 0.25) is 0 Å². The van der Waals surface area contributed by atoms with E-state index in [-0.39, 0.29) is 0 Å². The van der Waals surface area contributed by atoms with Gasteiger partial charge in [0.25, 0.3) is 0 Å². The maximum absolute atomic E-state index is 11.0. The van der Waals surface area contributed by atoms with E-state index in [0.717, 1.165) is 23.4 Å². The van der Waals surface area contributed by atoms with Gasteiger partial charge in [-0.25, -0.2) is 4.79 Å². The number of aromatic nitrogens is 2. The average Bonchev–Trinajstić information content (AvgIpc) is 2.83. The molecule has 0 atom stereocenters. The first-order valence-corrected chi connectivity index (χ1v) is 5.86. The number of carbonyl (C=O) groups is 1. The second-order valence-electron chi connectivity index (χ2n) is 3.43. The molecule has 2 aromatic rings. The molecule has 0 aliphatic rings. The number of carboxylic acid groups (broad SMARTS) is 1. The van der Waals surface area contributed by atoms with Gasteiger partial charge >= 0.3 is 5.97 Å². The Labute approximate surface area is 97.2 Å². The molecule has 0 fully saturated rings. The zero-order valence-corrected chi connectivity index (χ0v) is 9.91. The molecule has 16 heavy (non-hydrogen) atoms. The van der Waals surface area contributed by atoms with Crippen LogP contribution in [0, 0.1) is 6.92 Å². The number of nitrogens with zero attached hydrogens (tertiary/aromatic N) is 2. The van der Waals surface area contributed by atoms with Gasteiger partial charge in [0, 0.05) is 23.4 Å². The van der Waals surface area contributed by atoms with Crippen LogP contribution in [0.3, 0.4) is 0 Å². The molecule has 2 heterocycles. The van der Waals surface area contributed by atoms with Crippen LogP contribution in [-0.4, -0.2) is 20.9 Å². The third kappa shape index (κ3) is 1.63. The summed E-state index contributed by atoms with van der Waals surface area (Å²) in [6.45, 7) is 4.75. The number of aromatic carboxylic acids is 1. The van der Waals surface area contributed by atoms with E-state index in [4.69, 9.17) is 5.11 Å². The van der Waals surface area contributed by atoms with Crippen LogP contribution in [0.5, 0.6) is 0 Å². The van der Waals surface area contributed by atoms with Crippen molar-refractivity contribution in [2.75, 3.05) is 0 Å². The molecule has 2 aromatic heterocycles. The van der Waals surface area contributed by atoms with E-state index < -0.39 is 5.97 Å². The summed E-state index contributed by atoms with van der Waals surface area (Å²) in [4.78, 5) is 11.4. The summed E-state index contributed by atoms with van der Waals surface area (Å²) in [5.41, 5.74) is 2.67. The van der Waals surface area contributed by atoms with Gasteiger partial charge in [-0.15, -0.1) is 11.3 Å². The van der Waals surface area contributed by atoms with Crippen molar-refractivity contribution >= 4 is 17.3 Å². The molecule has 1 N–H and O–H groups in total. The summed E-state index contributed by atoms with van der Waals surface area (Å²) < 4.78 is 1.86. The number of hydrogen-bond acceptors (Lipinski definition) is 3. The van der Waals surface area contributed by atoms with Crippen molar-refractivity contribution in [3.8, 4) is 11.1 Å². The zero-order chi connectivity index (χ0) is 11.7. The molecule has 0 unspecified atom stereocenters. The Morgan fingerprint density at radius 3 is 2.88 bits per heavy atom. The van der Waals surface area contributed by atoms with Gasteiger partial charge in [-0.1, -0.05) is 0 Å². The van der Waals surface area contributed by atoms with Gasteiger partial charge in [-0.05, 0) is 25.3 Å². The Kier molecular flexibility index (Phi) is 2.78. The fraction of sp³-hybridized carbons (Fsp3) is 0.273. The van der Waals surface area contributed by atoms with E-state index in [0.29, 0.717) is 4.88 Å².